The van der Waals surface area contributed by atoms with Crippen molar-refractivity contribution < 1.29 is 4.74 Å². The number of hydrogen-bond acceptors (Lipinski definition) is 3. The Morgan fingerprint density at radius 2 is 2.16 bits per heavy atom. The molecule has 2 rings (SSSR count). The third-order valence-corrected chi connectivity index (χ3v) is 4.05. The molecule has 1 aliphatic rings. The summed E-state index contributed by atoms with van der Waals surface area (Å²) in [6.07, 6.45) is 4.71. The van der Waals surface area contributed by atoms with E-state index in [9.17, 15) is 0 Å². The van der Waals surface area contributed by atoms with Crippen LogP contribution in [-0.4, -0.2) is 19.2 Å². The Hall–Kier alpha value is -1.06. The molecule has 0 spiro atoms. The number of methoxy groups -OCH3 is 1. The van der Waals surface area contributed by atoms with Crippen LogP contribution in [0.5, 0.6) is 5.75 Å². The molecule has 19 heavy (non-hydrogen) atoms. The van der Waals surface area contributed by atoms with E-state index in [1.165, 1.54) is 30.4 Å². The molecule has 0 heterocycles. The van der Waals surface area contributed by atoms with Crippen molar-refractivity contribution in [3.05, 3.63) is 29.3 Å². The van der Waals surface area contributed by atoms with Crippen molar-refractivity contribution in [1.82, 2.24) is 5.32 Å². The van der Waals surface area contributed by atoms with Crippen molar-refractivity contribution in [3.63, 3.8) is 0 Å². The van der Waals surface area contributed by atoms with Gasteiger partial charge in [-0.1, -0.05) is 24.1 Å². The van der Waals surface area contributed by atoms with Crippen LogP contribution in [-0.2, 0) is 0 Å². The SMILES string of the molecule is COc1ccc(C)cc1C(C)NC1CCCC(N)C1. The minimum Gasteiger partial charge on any atom is -0.496 e. The van der Waals surface area contributed by atoms with Crippen LogP contribution in [0.15, 0.2) is 18.2 Å². The number of ether oxygens (including phenoxy) is 1. The largest absolute Gasteiger partial charge is 0.496 e. The van der Waals surface area contributed by atoms with E-state index in [1.54, 1.807) is 7.11 Å². The molecule has 0 radical (unpaired) electrons. The summed E-state index contributed by atoms with van der Waals surface area (Å²) in [5, 5.41) is 3.71. The van der Waals surface area contributed by atoms with Gasteiger partial charge in [-0.25, -0.2) is 0 Å². The average molecular weight is 262 g/mol. The van der Waals surface area contributed by atoms with Gasteiger partial charge in [0.15, 0.2) is 0 Å². The summed E-state index contributed by atoms with van der Waals surface area (Å²) in [6.45, 7) is 4.32. The summed E-state index contributed by atoms with van der Waals surface area (Å²) in [4.78, 5) is 0. The van der Waals surface area contributed by atoms with E-state index in [2.05, 4.69) is 37.4 Å². The molecule has 0 aromatic heterocycles. The molecule has 0 bridgehead atoms. The van der Waals surface area contributed by atoms with Crippen molar-refractivity contribution in [2.45, 2.75) is 57.7 Å². The van der Waals surface area contributed by atoms with Crippen LogP contribution in [0.2, 0.25) is 0 Å². The Kier molecular flexibility index (Phi) is 4.83. The highest BCUT2D eigenvalue weighted by molar-refractivity contribution is 5.38. The Bertz CT molecular complexity index is 419. The van der Waals surface area contributed by atoms with E-state index in [4.69, 9.17) is 10.5 Å². The highest BCUT2D eigenvalue weighted by Crippen LogP contribution is 2.28. The van der Waals surface area contributed by atoms with Crippen molar-refractivity contribution in [1.29, 1.82) is 0 Å². The lowest BCUT2D eigenvalue weighted by Crippen LogP contribution is -2.40. The molecule has 3 unspecified atom stereocenters. The van der Waals surface area contributed by atoms with E-state index in [0.717, 1.165) is 12.2 Å². The Labute approximate surface area is 116 Å². The topological polar surface area (TPSA) is 47.3 Å². The maximum Gasteiger partial charge on any atom is 0.123 e. The van der Waals surface area contributed by atoms with Gasteiger partial charge in [0.1, 0.15) is 5.75 Å². The lowest BCUT2D eigenvalue weighted by molar-refractivity contribution is 0.314. The van der Waals surface area contributed by atoms with Gasteiger partial charge in [0, 0.05) is 23.7 Å². The number of nitrogens with two attached hydrogens (primary N) is 1. The third kappa shape index (κ3) is 3.71. The smallest absolute Gasteiger partial charge is 0.123 e. The first kappa shape index (κ1) is 14.4. The maximum atomic E-state index is 6.06. The van der Waals surface area contributed by atoms with Crippen LogP contribution in [0.4, 0.5) is 0 Å². The second-order valence-electron chi connectivity index (χ2n) is 5.76. The summed E-state index contributed by atoms with van der Waals surface area (Å²) in [5.41, 5.74) is 8.56. The summed E-state index contributed by atoms with van der Waals surface area (Å²) in [6, 6.07) is 7.53. The Morgan fingerprint density at radius 1 is 1.37 bits per heavy atom. The first-order chi connectivity index (χ1) is 9.10. The van der Waals surface area contributed by atoms with Gasteiger partial charge in [-0.2, -0.15) is 0 Å². The first-order valence-electron chi connectivity index (χ1n) is 7.26. The second kappa shape index (κ2) is 6.40. The molecule has 0 saturated heterocycles. The second-order valence-corrected chi connectivity index (χ2v) is 5.76. The van der Waals surface area contributed by atoms with Gasteiger partial charge in [0.25, 0.3) is 0 Å². The van der Waals surface area contributed by atoms with Gasteiger partial charge in [-0.15, -0.1) is 0 Å². The van der Waals surface area contributed by atoms with Crippen molar-refractivity contribution in [3.8, 4) is 5.75 Å². The highest BCUT2D eigenvalue weighted by atomic mass is 16.5. The van der Waals surface area contributed by atoms with E-state index in [1.807, 2.05) is 0 Å². The molecule has 1 aromatic rings. The van der Waals surface area contributed by atoms with E-state index in [0.29, 0.717) is 18.1 Å². The summed E-state index contributed by atoms with van der Waals surface area (Å²) in [7, 11) is 1.73. The Morgan fingerprint density at radius 3 is 2.84 bits per heavy atom. The van der Waals surface area contributed by atoms with Crippen molar-refractivity contribution in [2.75, 3.05) is 7.11 Å². The number of benzene rings is 1. The van der Waals surface area contributed by atoms with Crippen LogP contribution >= 0.6 is 0 Å². The van der Waals surface area contributed by atoms with Crippen LogP contribution in [0.1, 0.15) is 49.8 Å². The number of nitrogens with one attached hydrogen (secondary N) is 1. The number of rotatable bonds is 4. The fraction of sp³-hybridized carbons (Fsp3) is 0.625. The first-order valence-corrected chi connectivity index (χ1v) is 7.26. The molecular weight excluding hydrogens is 236 g/mol. The molecule has 0 amide bonds. The highest BCUT2D eigenvalue weighted by Gasteiger charge is 2.22. The number of aryl methyl sites for hydroxylation is 1. The average Bonchev–Trinajstić information content (AvgIpc) is 2.38. The minimum absolute atomic E-state index is 0.296. The molecule has 3 atom stereocenters. The van der Waals surface area contributed by atoms with Gasteiger partial charge >= 0.3 is 0 Å². The lowest BCUT2D eigenvalue weighted by atomic mass is 9.90. The van der Waals surface area contributed by atoms with Gasteiger partial charge in [0.2, 0.25) is 0 Å². The number of hydrogen-bond donors (Lipinski definition) is 2. The zero-order valence-corrected chi connectivity index (χ0v) is 12.3. The summed E-state index contributed by atoms with van der Waals surface area (Å²) in [5.74, 6) is 0.964. The Balaban J connectivity index is 2.06. The monoisotopic (exact) mass is 262 g/mol. The van der Waals surface area contributed by atoms with Crippen LogP contribution in [0.25, 0.3) is 0 Å². The predicted molar refractivity (Wildman–Crippen MR) is 79.5 cm³/mol. The molecule has 3 heteroatoms. The summed E-state index contributed by atoms with van der Waals surface area (Å²) >= 11 is 0. The standard InChI is InChI=1S/C16H26N2O/c1-11-7-8-16(19-3)15(9-11)12(2)18-14-6-4-5-13(17)10-14/h7-9,12-14,18H,4-6,10,17H2,1-3H3. The van der Waals surface area contributed by atoms with Gasteiger partial charge in [0.05, 0.1) is 7.11 Å². The van der Waals surface area contributed by atoms with Crippen molar-refractivity contribution >= 4 is 0 Å². The molecule has 3 nitrogen and oxygen atoms in total. The zero-order chi connectivity index (χ0) is 13.8. The fourth-order valence-corrected chi connectivity index (χ4v) is 3.01. The van der Waals surface area contributed by atoms with E-state index < -0.39 is 0 Å². The maximum absolute atomic E-state index is 6.06. The molecule has 1 fully saturated rings. The van der Waals surface area contributed by atoms with Crippen LogP contribution < -0.4 is 15.8 Å². The molecule has 3 N–H and O–H groups in total. The van der Waals surface area contributed by atoms with Crippen LogP contribution in [0, 0.1) is 6.92 Å². The molecule has 1 saturated carbocycles. The van der Waals surface area contributed by atoms with Gasteiger partial charge in [-0.3, -0.25) is 0 Å². The van der Waals surface area contributed by atoms with Crippen LogP contribution in [0.3, 0.4) is 0 Å². The van der Waals surface area contributed by atoms with E-state index in [-0.39, 0.29) is 0 Å². The normalized spacial score (nSPS) is 25.1. The zero-order valence-electron chi connectivity index (χ0n) is 12.3. The predicted octanol–water partition coefficient (Wildman–Crippen LogP) is 2.92. The lowest BCUT2D eigenvalue weighted by Gasteiger charge is -2.30. The van der Waals surface area contributed by atoms with Gasteiger partial charge < -0.3 is 15.8 Å². The molecule has 106 valence electrons. The third-order valence-electron chi connectivity index (χ3n) is 4.05. The fourth-order valence-electron chi connectivity index (χ4n) is 3.01. The molecule has 0 aliphatic heterocycles. The summed E-state index contributed by atoms with van der Waals surface area (Å²) < 4.78 is 5.47. The molecule has 1 aromatic carbocycles. The quantitative estimate of drug-likeness (QED) is 0.877. The van der Waals surface area contributed by atoms with Crippen molar-refractivity contribution in [2.24, 2.45) is 5.73 Å². The van der Waals surface area contributed by atoms with Gasteiger partial charge in [-0.05, 0) is 39.2 Å². The molecule has 1 aliphatic carbocycles. The van der Waals surface area contributed by atoms with E-state index >= 15 is 0 Å². The molecular formula is C16H26N2O. The minimum atomic E-state index is 0.296.